The maximum Gasteiger partial charge on any atom is 0.194 e. The lowest BCUT2D eigenvalue weighted by Crippen LogP contribution is -2.44. The molecular formula is C16H29N7. The van der Waals surface area contributed by atoms with Crippen LogP contribution in [-0.2, 0) is 13.6 Å². The summed E-state index contributed by atoms with van der Waals surface area (Å²) in [6.45, 7) is 7.33. The van der Waals surface area contributed by atoms with E-state index < -0.39 is 0 Å². The highest BCUT2D eigenvalue weighted by atomic mass is 15.4. The summed E-state index contributed by atoms with van der Waals surface area (Å²) in [5, 5.41) is 11.7. The van der Waals surface area contributed by atoms with Gasteiger partial charge >= 0.3 is 0 Å². The van der Waals surface area contributed by atoms with Crippen LogP contribution in [0.25, 0.3) is 0 Å². The van der Waals surface area contributed by atoms with E-state index in [4.69, 9.17) is 0 Å². The van der Waals surface area contributed by atoms with Gasteiger partial charge < -0.3 is 14.8 Å². The second-order valence-electron chi connectivity index (χ2n) is 6.61. The van der Waals surface area contributed by atoms with Crippen molar-refractivity contribution in [2.45, 2.75) is 45.2 Å². The van der Waals surface area contributed by atoms with E-state index in [1.54, 1.807) is 0 Å². The second kappa shape index (κ2) is 7.29. The Labute approximate surface area is 138 Å². The van der Waals surface area contributed by atoms with Gasteiger partial charge in [-0.15, -0.1) is 10.2 Å². The standard InChI is InChI=1S/C16H29N7/c1-13-19-20-15(21(13)3)11-18-16(17-2)23-10-7-14(12-23)22-8-5-4-6-9-22/h14H,4-12H2,1-3H3,(H,17,18). The van der Waals surface area contributed by atoms with E-state index >= 15 is 0 Å². The van der Waals surface area contributed by atoms with E-state index in [2.05, 4.69) is 30.3 Å². The van der Waals surface area contributed by atoms with Gasteiger partial charge in [0.15, 0.2) is 11.8 Å². The summed E-state index contributed by atoms with van der Waals surface area (Å²) >= 11 is 0. The fourth-order valence-electron chi connectivity index (χ4n) is 3.61. The van der Waals surface area contributed by atoms with E-state index in [9.17, 15) is 0 Å². The van der Waals surface area contributed by atoms with Crippen molar-refractivity contribution in [3.63, 3.8) is 0 Å². The third-order valence-corrected chi connectivity index (χ3v) is 5.17. The molecule has 3 rings (SSSR count). The van der Waals surface area contributed by atoms with Crippen molar-refractivity contribution < 1.29 is 0 Å². The molecule has 1 N–H and O–H groups in total. The van der Waals surface area contributed by atoms with Gasteiger partial charge in [-0.05, 0) is 39.3 Å². The first kappa shape index (κ1) is 16.2. The predicted molar refractivity (Wildman–Crippen MR) is 91.3 cm³/mol. The van der Waals surface area contributed by atoms with Gasteiger partial charge in [-0.2, -0.15) is 0 Å². The number of aryl methyl sites for hydroxylation is 1. The predicted octanol–water partition coefficient (Wildman–Crippen LogP) is 0.759. The lowest BCUT2D eigenvalue weighted by Gasteiger charge is -2.32. The first-order chi connectivity index (χ1) is 11.2. The SMILES string of the molecule is CN=C(NCc1nnc(C)n1C)N1CCC(N2CCCCC2)C1. The molecule has 7 heteroatoms. The van der Waals surface area contributed by atoms with Crippen molar-refractivity contribution in [2.24, 2.45) is 12.0 Å². The molecule has 1 aromatic rings. The molecule has 2 aliphatic heterocycles. The van der Waals surface area contributed by atoms with Crippen molar-refractivity contribution in [1.29, 1.82) is 0 Å². The van der Waals surface area contributed by atoms with Gasteiger partial charge in [0.25, 0.3) is 0 Å². The number of guanidine groups is 1. The monoisotopic (exact) mass is 319 g/mol. The molecule has 7 nitrogen and oxygen atoms in total. The van der Waals surface area contributed by atoms with Crippen molar-refractivity contribution >= 4 is 5.96 Å². The number of nitrogens with one attached hydrogen (secondary N) is 1. The maximum absolute atomic E-state index is 4.46. The molecule has 0 amide bonds. The molecule has 0 aromatic carbocycles. The van der Waals surface area contributed by atoms with Gasteiger partial charge in [0.05, 0.1) is 6.54 Å². The Morgan fingerprint density at radius 3 is 2.65 bits per heavy atom. The van der Waals surface area contributed by atoms with Crippen LogP contribution >= 0.6 is 0 Å². The Bertz CT molecular complexity index is 545. The Hall–Kier alpha value is -1.63. The van der Waals surface area contributed by atoms with Gasteiger partial charge in [-0.3, -0.25) is 9.89 Å². The molecule has 128 valence electrons. The van der Waals surface area contributed by atoms with Gasteiger partial charge in [-0.25, -0.2) is 0 Å². The summed E-state index contributed by atoms with van der Waals surface area (Å²) in [4.78, 5) is 9.50. The van der Waals surface area contributed by atoms with Crippen molar-refractivity contribution in [3.8, 4) is 0 Å². The highest BCUT2D eigenvalue weighted by Gasteiger charge is 2.30. The third kappa shape index (κ3) is 3.65. The highest BCUT2D eigenvalue weighted by Crippen LogP contribution is 2.20. The zero-order chi connectivity index (χ0) is 16.2. The third-order valence-electron chi connectivity index (χ3n) is 5.17. The van der Waals surface area contributed by atoms with E-state index in [-0.39, 0.29) is 0 Å². The number of piperidine rings is 1. The minimum atomic E-state index is 0.662. The Kier molecular flexibility index (Phi) is 5.15. The van der Waals surface area contributed by atoms with Crippen LogP contribution in [0.3, 0.4) is 0 Å². The number of aromatic nitrogens is 3. The van der Waals surface area contributed by atoms with Crippen LogP contribution in [0.5, 0.6) is 0 Å². The van der Waals surface area contributed by atoms with Crippen LogP contribution in [-0.4, -0.2) is 69.8 Å². The molecule has 2 fully saturated rings. The molecule has 2 aliphatic rings. The summed E-state index contributed by atoms with van der Waals surface area (Å²) in [6, 6.07) is 0.686. The van der Waals surface area contributed by atoms with Crippen molar-refractivity contribution in [2.75, 3.05) is 33.2 Å². The molecule has 3 heterocycles. The summed E-state index contributed by atoms with van der Waals surface area (Å²) in [7, 11) is 3.86. The lowest BCUT2D eigenvalue weighted by atomic mass is 10.1. The fraction of sp³-hybridized carbons (Fsp3) is 0.812. The molecule has 0 saturated carbocycles. The molecule has 1 unspecified atom stereocenters. The number of hydrogen-bond donors (Lipinski definition) is 1. The number of rotatable bonds is 3. The van der Waals surface area contributed by atoms with E-state index in [1.807, 2.05) is 25.6 Å². The molecule has 1 aromatic heterocycles. The molecule has 23 heavy (non-hydrogen) atoms. The first-order valence-corrected chi connectivity index (χ1v) is 8.73. The minimum Gasteiger partial charge on any atom is -0.349 e. The van der Waals surface area contributed by atoms with E-state index in [1.165, 1.54) is 38.8 Å². The number of nitrogens with zero attached hydrogens (tertiary/aromatic N) is 6. The highest BCUT2D eigenvalue weighted by molar-refractivity contribution is 5.80. The van der Waals surface area contributed by atoms with E-state index in [0.717, 1.165) is 30.7 Å². The van der Waals surface area contributed by atoms with Crippen molar-refractivity contribution in [1.82, 2.24) is 29.9 Å². The molecule has 0 spiro atoms. The van der Waals surface area contributed by atoms with Gasteiger partial charge in [-0.1, -0.05) is 6.42 Å². The van der Waals surface area contributed by atoms with Crippen LogP contribution in [0.2, 0.25) is 0 Å². The summed E-state index contributed by atoms with van der Waals surface area (Å²) in [5.41, 5.74) is 0. The van der Waals surface area contributed by atoms with Crippen LogP contribution in [0.4, 0.5) is 0 Å². The van der Waals surface area contributed by atoms with Crippen molar-refractivity contribution in [3.05, 3.63) is 11.6 Å². The minimum absolute atomic E-state index is 0.662. The Balaban J connectivity index is 1.54. The zero-order valence-corrected chi connectivity index (χ0v) is 14.6. The molecule has 0 aliphatic carbocycles. The molecule has 2 saturated heterocycles. The average molecular weight is 319 g/mol. The molecular weight excluding hydrogens is 290 g/mol. The number of likely N-dealkylation sites (tertiary alicyclic amines) is 2. The number of hydrogen-bond acceptors (Lipinski definition) is 4. The molecule has 1 atom stereocenters. The molecule has 0 bridgehead atoms. The summed E-state index contributed by atoms with van der Waals surface area (Å²) < 4.78 is 2.01. The normalized spacial score (nSPS) is 23.5. The van der Waals surface area contributed by atoms with E-state index in [0.29, 0.717) is 12.6 Å². The summed E-state index contributed by atoms with van der Waals surface area (Å²) in [5.74, 6) is 2.85. The van der Waals surface area contributed by atoms with Gasteiger partial charge in [0, 0.05) is 33.2 Å². The fourth-order valence-corrected chi connectivity index (χ4v) is 3.61. The van der Waals surface area contributed by atoms with Crippen LogP contribution in [0.1, 0.15) is 37.3 Å². The van der Waals surface area contributed by atoms with Crippen LogP contribution in [0, 0.1) is 6.92 Å². The largest absolute Gasteiger partial charge is 0.349 e. The maximum atomic E-state index is 4.46. The smallest absolute Gasteiger partial charge is 0.194 e. The first-order valence-electron chi connectivity index (χ1n) is 8.73. The summed E-state index contributed by atoms with van der Waals surface area (Å²) in [6.07, 6.45) is 5.35. The molecule has 0 radical (unpaired) electrons. The zero-order valence-electron chi connectivity index (χ0n) is 14.6. The van der Waals surface area contributed by atoms with Gasteiger partial charge in [0.2, 0.25) is 0 Å². The van der Waals surface area contributed by atoms with Crippen LogP contribution in [0.15, 0.2) is 4.99 Å². The van der Waals surface area contributed by atoms with Crippen LogP contribution < -0.4 is 5.32 Å². The lowest BCUT2D eigenvalue weighted by molar-refractivity contribution is 0.168. The quantitative estimate of drug-likeness (QED) is 0.658. The number of aliphatic imine (C=N–C) groups is 1. The Morgan fingerprint density at radius 2 is 2.00 bits per heavy atom. The topological polar surface area (TPSA) is 61.6 Å². The second-order valence-corrected chi connectivity index (χ2v) is 6.61. The van der Waals surface area contributed by atoms with Gasteiger partial charge in [0.1, 0.15) is 5.82 Å². The average Bonchev–Trinajstić information content (AvgIpc) is 3.19. The Morgan fingerprint density at radius 1 is 1.22 bits per heavy atom.